The number of aromatic amines is 1. The van der Waals surface area contributed by atoms with Crippen LogP contribution in [-0.4, -0.2) is 16.0 Å². The largest absolute Gasteiger partial charge is 0.417 e. The Morgan fingerprint density at radius 1 is 1.08 bits per heavy atom. The summed E-state index contributed by atoms with van der Waals surface area (Å²) in [6.45, 7) is 0. The van der Waals surface area contributed by atoms with E-state index < -0.39 is 22.8 Å². The lowest BCUT2D eigenvalue weighted by Crippen LogP contribution is -2.19. The number of hydrogen-bond acceptors (Lipinski definition) is 2. The van der Waals surface area contributed by atoms with Crippen LogP contribution in [0.2, 0.25) is 5.02 Å². The number of aromatic nitrogens is 2. The Labute approximate surface area is 138 Å². The molecule has 0 fully saturated rings. The summed E-state index contributed by atoms with van der Waals surface area (Å²) in [7, 11) is 0. The zero-order valence-electron chi connectivity index (χ0n) is 11.9. The van der Waals surface area contributed by atoms with E-state index in [9.17, 15) is 18.0 Å². The van der Waals surface area contributed by atoms with Gasteiger partial charge in [-0.05, 0) is 36.4 Å². The molecule has 0 aliphatic rings. The van der Waals surface area contributed by atoms with E-state index in [-0.39, 0.29) is 5.69 Å². The molecule has 0 aliphatic heterocycles. The fraction of sp³-hybridized carbons (Fsp3) is 0.0667. The molecule has 3 N–H and O–H groups in total. The summed E-state index contributed by atoms with van der Waals surface area (Å²) in [6.07, 6.45) is -3.09. The summed E-state index contributed by atoms with van der Waals surface area (Å²) in [4.78, 5) is 18.9. The monoisotopic (exact) mass is 354 g/mol. The molecule has 0 atom stereocenters. The molecule has 1 heterocycles. The first kappa shape index (κ1) is 16.1. The standard InChI is InChI=1S/C15H10ClF3N4O/c16-11-3-1-8(5-10(11)15(17,18)19)22-14(24)23-9-2-4-12-13(6-9)21-7-20-12/h1-7H,(H,20,21)(H2,22,23,24). The Bertz CT molecular complexity index is 907. The SMILES string of the molecule is O=C(Nc1ccc(Cl)c(C(F)(F)F)c1)Nc1ccc2nc[nH]c2c1. The maximum atomic E-state index is 12.8. The predicted molar refractivity (Wildman–Crippen MR) is 85.2 cm³/mol. The zero-order chi connectivity index (χ0) is 17.3. The number of imidazole rings is 1. The molecule has 0 saturated carbocycles. The lowest BCUT2D eigenvalue weighted by atomic mass is 10.2. The fourth-order valence-electron chi connectivity index (χ4n) is 2.13. The van der Waals surface area contributed by atoms with Crippen molar-refractivity contribution in [2.75, 3.05) is 10.6 Å². The Kier molecular flexibility index (Phi) is 4.06. The van der Waals surface area contributed by atoms with Crippen LogP contribution < -0.4 is 10.6 Å². The first-order valence-electron chi connectivity index (χ1n) is 6.71. The summed E-state index contributed by atoms with van der Waals surface area (Å²) >= 11 is 5.53. The number of amides is 2. The Morgan fingerprint density at radius 3 is 2.46 bits per heavy atom. The third-order valence-electron chi connectivity index (χ3n) is 3.21. The van der Waals surface area contributed by atoms with Crippen molar-refractivity contribution in [3.05, 3.63) is 53.3 Å². The summed E-state index contributed by atoms with van der Waals surface area (Å²) < 4.78 is 38.4. The summed E-state index contributed by atoms with van der Waals surface area (Å²) in [6, 6.07) is 7.46. The van der Waals surface area contributed by atoms with Crippen LogP contribution in [-0.2, 0) is 6.18 Å². The summed E-state index contributed by atoms with van der Waals surface area (Å²) in [5.74, 6) is 0. The van der Waals surface area contributed by atoms with Crippen molar-refractivity contribution in [2.24, 2.45) is 0 Å². The highest BCUT2D eigenvalue weighted by Gasteiger charge is 2.33. The number of anilines is 2. The molecule has 124 valence electrons. The number of alkyl halides is 3. The number of hydrogen-bond donors (Lipinski definition) is 3. The minimum absolute atomic E-state index is 0.0214. The molecule has 24 heavy (non-hydrogen) atoms. The molecule has 2 aromatic carbocycles. The van der Waals surface area contributed by atoms with Gasteiger partial charge in [0.05, 0.1) is 27.9 Å². The van der Waals surface area contributed by atoms with Crippen LogP contribution in [0.5, 0.6) is 0 Å². The van der Waals surface area contributed by atoms with Crippen molar-refractivity contribution in [1.82, 2.24) is 9.97 Å². The molecular weight excluding hydrogens is 345 g/mol. The highest BCUT2D eigenvalue weighted by molar-refractivity contribution is 6.31. The maximum Gasteiger partial charge on any atom is 0.417 e. The van der Waals surface area contributed by atoms with E-state index in [1.54, 1.807) is 18.2 Å². The van der Waals surface area contributed by atoms with Crippen LogP contribution >= 0.6 is 11.6 Å². The third kappa shape index (κ3) is 3.43. The number of H-pyrrole nitrogens is 1. The highest BCUT2D eigenvalue weighted by Crippen LogP contribution is 2.36. The highest BCUT2D eigenvalue weighted by atomic mass is 35.5. The van der Waals surface area contributed by atoms with Gasteiger partial charge in [-0.25, -0.2) is 9.78 Å². The molecule has 0 aliphatic carbocycles. The van der Waals surface area contributed by atoms with Crippen molar-refractivity contribution in [3.8, 4) is 0 Å². The average Bonchev–Trinajstić information content (AvgIpc) is 2.95. The number of nitrogens with zero attached hydrogens (tertiary/aromatic N) is 1. The van der Waals surface area contributed by atoms with Gasteiger partial charge < -0.3 is 15.6 Å². The first-order valence-corrected chi connectivity index (χ1v) is 7.08. The van der Waals surface area contributed by atoms with Crippen LogP contribution in [0, 0.1) is 0 Å². The molecular formula is C15H10ClF3N4O. The van der Waals surface area contributed by atoms with Crippen LogP contribution in [0.1, 0.15) is 5.56 Å². The number of fused-ring (bicyclic) bond motifs is 1. The zero-order valence-corrected chi connectivity index (χ0v) is 12.7. The molecule has 0 spiro atoms. The maximum absolute atomic E-state index is 12.8. The Hall–Kier alpha value is -2.74. The van der Waals surface area contributed by atoms with E-state index in [1.165, 1.54) is 12.4 Å². The number of halogens is 4. The van der Waals surface area contributed by atoms with Gasteiger partial charge >= 0.3 is 12.2 Å². The second-order valence-electron chi connectivity index (χ2n) is 4.91. The van der Waals surface area contributed by atoms with Gasteiger partial charge in [-0.15, -0.1) is 0 Å². The van der Waals surface area contributed by atoms with Gasteiger partial charge in [0.2, 0.25) is 0 Å². The second-order valence-corrected chi connectivity index (χ2v) is 5.31. The molecule has 0 unspecified atom stereocenters. The van der Waals surface area contributed by atoms with Gasteiger partial charge in [0.15, 0.2) is 0 Å². The first-order chi connectivity index (χ1) is 11.3. The number of carbonyl (C=O) groups excluding carboxylic acids is 1. The quantitative estimate of drug-likeness (QED) is 0.614. The minimum Gasteiger partial charge on any atom is -0.345 e. The Balaban J connectivity index is 1.75. The lowest BCUT2D eigenvalue weighted by molar-refractivity contribution is -0.137. The molecule has 3 aromatic rings. The molecule has 0 bridgehead atoms. The predicted octanol–water partition coefficient (Wildman–Crippen LogP) is 4.88. The molecule has 9 heteroatoms. The number of rotatable bonds is 2. The molecule has 3 rings (SSSR count). The minimum atomic E-state index is -4.60. The lowest BCUT2D eigenvalue weighted by Gasteiger charge is -2.12. The van der Waals surface area contributed by atoms with Crippen LogP contribution in [0.15, 0.2) is 42.7 Å². The van der Waals surface area contributed by atoms with Crippen molar-refractivity contribution < 1.29 is 18.0 Å². The van der Waals surface area contributed by atoms with Crippen LogP contribution in [0.25, 0.3) is 11.0 Å². The summed E-state index contributed by atoms with van der Waals surface area (Å²) in [5, 5.41) is 4.44. The average molecular weight is 355 g/mol. The van der Waals surface area contributed by atoms with Crippen molar-refractivity contribution in [3.63, 3.8) is 0 Å². The van der Waals surface area contributed by atoms with Gasteiger partial charge in [0.25, 0.3) is 0 Å². The van der Waals surface area contributed by atoms with E-state index in [0.717, 1.165) is 23.2 Å². The van der Waals surface area contributed by atoms with E-state index in [4.69, 9.17) is 11.6 Å². The molecule has 5 nitrogen and oxygen atoms in total. The topological polar surface area (TPSA) is 69.8 Å². The molecule has 0 radical (unpaired) electrons. The van der Waals surface area contributed by atoms with Crippen LogP contribution in [0.3, 0.4) is 0 Å². The molecule has 1 aromatic heterocycles. The normalized spacial score (nSPS) is 11.5. The number of nitrogens with one attached hydrogen (secondary N) is 3. The van der Waals surface area contributed by atoms with E-state index in [2.05, 4.69) is 20.6 Å². The second kappa shape index (κ2) is 6.04. The number of carbonyl (C=O) groups is 1. The van der Waals surface area contributed by atoms with Crippen molar-refractivity contribution >= 4 is 40.0 Å². The third-order valence-corrected chi connectivity index (χ3v) is 3.54. The van der Waals surface area contributed by atoms with Gasteiger partial charge in [0.1, 0.15) is 0 Å². The summed E-state index contributed by atoms with van der Waals surface area (Å²) in [5.41, 5.74) is 0.883. The van der Waals surface area contributed by atoms with Crippen molar-refractivity contribution in [1.29, 1.82) is 0 Å². The van der Waals surface area contributed by atoms with Crippen LogP contribution in [0.4, 0.5) is 29.3 Å². The number of urea groups is 1. The van der Waals surface area contributed by atoms with E-state index in [1.807, 2.05) is 0 Å². The fourth-order valence-corrected chi connectivity index (χ4v) is 2.35. The van der Waals surface area contributed by atoms with Gasteiger partial charge in [-0.3, -0.25) is 0 Å². The van der Waals surface area contributed by atoms with Gasteiger partial charge in [0, 0.05) is 11.4 Å². The van der Waals surface area contributed by atoms with Crippen molar-refractivity contribution in [2.45, 2.75) is 6.18 Å². The number of benzene rings is 2. The van der Waals surface area contributed by atoms with Gasteiger partial charge in [-0.2, -0.15) is 13.2 Å². The van der Waals surface area contributed by atoms with E-state index in [0.29, 0.717) is 5.69 Å². The van der Waals surface area contributed by atoms with Gasteiger partial charge in [-0.1, -0.05) is 11.6 Å². The smallest absolute Gasteiger partial charge is 0.345 e. The molecule has 2 amide bonds. The van der Waals surface area contributed by atoms with E-state index >= 15 is 0 Å². The molecule has 0 saturated heterocycles. The Morgan fingerprint density at radius 2 is 1.75 bits per heavy atom.